The minimum Gasteiger partial charge on any atom is -0.300 e. The summed E-state index contributed by atoms with van der Waals surface area (Å²) < 4.78 is 0. The number of hydrogen-bond acceptors (Lipinski definition) is 2. The highest BCUT2D eigenvalue weighted by atomic mass is 32.1. The molecular formula is C9H12OS. The fourth-order valence-electron chi connectivity index (χ4n) is 1.10. The van der Waals surface area contributed by atoms with Crippen molar-refractivity contribution < 1.29 is 4.79 Å². The Hall–Kier alpha value is -0.630. The van der Waals surface area contributed by atoms with Crippen molar-refractivity contribution in [2.75, 3.05) is 0 Å². The molecule has 0 aliphatic heterocycles. The molecule has 0 aliphatic carbocycles. The van der Waals surface area contributed by atoms with Gasteiger partial charge in [-0.2, -0.15) is 11.3 Å². The number of Topliss-reactive ketones (excluding diaryl/α,β-unsaturated/α-hetero) is 1. The summed E-state index contributed by atoms with van der Waals surface area (Å²) in [4.78, 5) is 10.8. The molecule has 0 fully saturated rings. The zero-order chi connectivity index (χ0) is 8.27. The Morgan fingerprint density at radius 1 is 1.73 bits per heavy atom. The largest absolute Gasteiger partial charge is 0.300 e. The van der Waals surface area contributed by atoms with Crippen molar-refractivity contribution >= 4 is 17.1 Å². The third-order valence-electron chi connectivity index (χ3n) is 1.71. The van der Waals surface area contributed by atoms with E-state index >= 15 is 0 Å². The molecule has 0 N–H and O–H groups in total. The van der Waals surface area contributed by atoms with Gasteiger partial charge < -0.3 is 4.79 Å². The molecule has 1 atom stereocenters. The van der Waals surface area contributed by atoms with E-state index in [9.17, 15) is 4.79 Å². The molecule has 1 aromatic rings. The maximum Gasteiger partial charge on any atom is 0.130 e. The molecule has 11 heavy (non-hydrogen) atoms. The monoisotopic (exact) mass is 168 g/mol. The van der Waals surface area contributed by atoms with Gasteiger partial charge in [0.2, 0.25) is 0 Å². The molecule has 60 valence electrons. The van der Waals surface area contributed by atoms with Gasteiger partial charge in [-0.3, -0.25) is 0 Å². The van der Waals surface area contributed by atoms with Gasteiger partial charge in [0, 0.05) is 6.42 Å². The molecule has 1 unspecified atom stereocenters. The average Bonchev–Trinajstić information content (AvgIpc) is 2.35. The maximum atomic E-state index is 10.8. The van der Waals surface area contributed by atoms with Crippen LogP contribution in [0.1, 0.15) is 31.7 Å². The predicted octanol–water partition coefficient (Wildman–Crippen LogP) is 2.83. The molecule has 0 spiro atoms. The van der Waals surface area contributed by atoms with E-state index < -0.39 is 0 Å². The van der Waals surface area contributed by atoms with Gasteiger partial charge in [0.1, 0.15) is 5.78 Å². The summed E-state index contributed by atoms with van der Waals surface area (Å²) in [5.74, 6) is 0.655. The second kappa shape index (κ2) is 3.67. The number of carbonyl (C=O) groups excluding carboxylic acids is 1. The summed E-state index contributed by atoms with van der Waals surface area (Å²) in [6.07, 6.45) is 0.663. The van der Waals surface area contributed by atoms with E-state index in [4.69, 9.17) is 0 Å². The zero-order valence-electron chi connectivity index (χ0n) is 6.83. The molecule has 1 heterocycles. The Bertz CT molecular complexity index is 226. The third-order valence-corrected chi connectivity index (χ3v) is 2.41. The minimum absolute atomic E-state index is 0.267. The van der Waals surface area contributed by atoms with Crippen molar-refractivity contribution in [2.24, 2.45) is 0 Å². The van der Waals surface area contributed by atoms with Gasteiger partial charge in [0.25, 0.3) is 0 Å². The summed E-state index contributed by atoms with van der Waals surface area (Å²) in [6, 6.07) is 2.08. The number of carbonyl (C=O) groups is 1. The summed E-state index contributed by atoms with van der Waals surface area (Å²) in [6.45, 7) is 3.73. The highest BCUT2D eigenvalue weighted by Crippen LogP contribution is 2.21. The molecular weight excluding hydrogens is 156 g/mol. The van der Waals surface area contributed by atoms with E-state index in [1.807, 2.05) is 5.38 Å². The van der Waals surface area contributed by atoms with Crippen molar-refractivity contribution in [3.8, 4) is 0 Å². The number of hydrogen-bond donors (Lipinski definition) is 0. The Morgan fingerprint density at radius 3 is 2.91 bits per heavy atom. The lowest BCUT2D eigenvalue weighted by molar-refractivity contribution is -0.117. The van der Waals surface area contributed by atoms with E-state index in [0.29, 0.717) is 12.3 Å². The van der Waals surface area contributed by atoms with Crippen molar-refractivity contribution in [3.63, 3.8) is 0 Å². The van der Waals surface area contributed by atoms with Gasteiger partial charge in [0.05, 0.1) is 0 Å². The van der Waals surface area contributed by atoms with E-state index in [1.165, 1.54) is 5.56 Å². The van der Waals surface area contributed by atoms with E-state index in [2.05, 4.69) is 18.4 Å². The van der Waals surface area contributed by atoms with Crippen LogP contribution in [-0.4, -0.2) is 5.78 Å². The van der Waals surface area contributed by atoms with Crippen LogP contribution in [-0.2, 0) is 4.79 Å². The van der Waals surface area contributed by atoms with Crippen LogP contribution in [0.15, 0.2) is 16.8 Å². The zero-order valence-corrected chi connectivity index (χ0v) is 7.65. The van der Waals surface area contributed by atoms with Crippen molar-refractivity contribution in [2.45, 2.75) is 26.2 Å². The van der Waals surface area contributed by atoms with Gasteiger partial charge >= 0.3 is 0 Å². The number of rotatable bonds is 3. The fraction of sp³-hybridized carbons (Fsp3) is 0.444. The Morgan fingerprint density at radius 2 is 2.45 bits per heavy atom. The molecule has 0 bridgehead atoms. The van der Waals surface area contributed by atoms with Crippen LogP contribution < -0.4 is 0 Å². The lowest BCUT2D eigenvalue weighted by atomic mass is 9.99. The molecule has 1 nitrogen and oxygen atoms in total. The number of ketones is 1. The second-order valence-corrected chi connectivity index (χ2v) is 3.64. The summed E-state index contributed by atoms with van der Waals surface area (Å²) in [5, 5.41) is 4.15. The minimum atomic E-state index is 0.267. The standard InChI is InChI=1S/C9H12OS/c1-7(5-8(2)10)9-3-4-11-6-9/h3-4,6-7H,5H2,1-2H3. The van der Waals surface area contributed by atoms with Gasteiger partial charge in [-0.25, -0.2) is 0 Å². The molecule has 1 aromatic heterocycles. The molecule has 2 heteroatoms. The number of thiophene rings is 1. The quantitative estimate of drug-likeness (QED) is 0.678. The topological polar surface area (TPSA) is 17.1 Å². The van der Waals surface area contributed by atoms with E-state index in [-0.39, 0.29) is 5.78 Å². The van der Waals surface area contributed by atoms with Gasteiger partial charge in [-0.1, -0.05) is 6.92 Å². The summed E-state index contributed by atoms with van der Waals surface area (Å²) in [5.41, 5.74) is 1.28. The first-order chi connectivity index (χ1) is 5.20. The molecule has 0 aliphatic rings. The third kappa shape index (κ3) is 2.46. The first-order valence-electron chi connectivity index (χ1n) is 3.71. The first kappa shape index (κ1) is 8.47. The summed E-state index contributed by atoms with van der Waals surface area (Å²) >= 11 is 1.68. The van der Waals surface area contributed by atoms with Gasteiger partial charge in [-0.15, -0.1) is 0 Å². The Balaban J connectivity index is 2.56. The van der Waals surface area contributed by atoms with Crippen LogP contribution in [0.3, 0.4) is 0 Å². The fourth-order valence-corrected chi connectivity index (χ4v) is 1.89. The molecule has 0 radical (unpaired) electrons. The highest BCUT2D eigenvalue weighted by Gasteiger charge is 2.07. The van der Waals surface area contributed by atoms with Crippen molar-refractivity contribution in [1.82, 2.24) is 0 Å². The van der Waals surface area contributed by atoms with Gasteiger partial charge in [-0.05, 0) is 35.2 Å². The molecule has 0 saturated carbocycles. The van der Waals surface area contributed by atoms with E-state index in [1.54, 1.807) is 18.3 Å². The second-order valence-electron chi connectivity index (χ2n) is 2.86. The van der Waals surface area contributed by atoms with Crippen LogP contribution in [0, 0.1) is 0 Å². The average molecular weight is 168 g/mol. The highest BCUT2D eigenvalue weighted by molar-refractivity contribution is 7.07. The Kier molecular flexibility index (Phi) is 2.83. The molecule has 0 saturated heterocycles. The van der Waals surface area contributed by atoms with Crippen LogP contribution in [0.5, 0.6) is 0 Å². The van der Waals surface area contributed by atoms with Crippen LogP contribution in [0.4, 0.5) is 0 Å². The van der Waals surface area contributed by atoms with Crippen molar-refractivity contribution in [3.05, 3.63) is 22.4 Å². The summed E-state index contributed by atoms with van der Waals surface area (Å²) in [7, 11) is 0. The molecule has 0 aromatic carbocycles. The molecule has 1 rings (SSSR count). The van der Waals surface area contributed by atoms with Crippen molar-refractivity contribution in [1.29, 1.82) is 0 Å². The lowest BCUT2D eigenvalue weighted by Gasteiger charge is -2.05. The van der Waals surface area contributed by atoms with Crippen LogP contribution >= 0.6 is 11.3 Å². The lowest BCUT2D eigenvalue weighted by Crippen LogP contribution is -1.98. The van der Waals surface area contributed by atoms with Crippen LogP contribution in [0.25, 0.3) is 0 Å². The van der Waals surface area contributed by atoms with Gasteiger partial charge in [0.15, 0.2) is 0 Å². The van der Waals surface area contributed by atoms with Crippen LogP contribution in [0.2, 0.25) is 0 Å². The van der Waals surface area contributed by atoms with E-state index in [0.717, 1.165) is 0 Å². The Labute approximate surface area is 71.1 Å². The maximum absolute atomic E-state index is 10.8. The SMILES string of the molecule is CC(=O)CC(C)c1ccsc1. The smallest absolute Gasteiger partial charge is 0.130 e. The predicted molar refractivity (Wildman–Crippen MR) is 48.0 cm³/mol. The first-order valence-corrected chi connectivity index (χ1v) is 4.66. The molecule has 0 amide bonds. The normalized spacial score (nSPS) is 12.9.